The monoisotopic (exact) mass is 447 g/mol. The van der Waals surface area contributed by atoms with E-state index < -0.39 is 30.2 Å². The van der Waals surface area contributed by atoms with Crippen molar-refractivity contribution < 1.29 is 23.0 Å². The molecule has 1 aromatic carbocycles. The van der Waals surface area contributed by atoms with Crippen molar-refractivity contribution in [1.29, 1.82) is 0 Å². The Morgan fingerprint density at radius 2 is 1.87 bits per heavy atom. The molecule has 1 atom stereocenters. The van der Waals surface area contributed by atoms with Crippen molar-refractivity contribution in [2.75, 3.05) is 0 Å². The van der Waals surface area contributed by atoms with Gasteiger partial charge in [0.2, 0.25) is 6.41 Å². The number of aromatic nitrogens is 2. The fourth-order valence-electron chi connectivity index (χ4n) is 2.68. The van der Waals surface area contributed by atoms with Gasteiger partial charge >= 0.3 is 6.18 Å². The highest BCUT2D eigenvalue weighted by Gasteiger charge is 2.26. The van der Waals surface area contributed by atoms with Crippen molar-refractivity contribution in [1.82, 2.24) is 14.9 Å². The van der Waals surface area contributed by atoms with Crippen LogP contribution in [-0.4, -0.2) is 32.8 Å². The van der Waals surface area contributed by atoms with Gasteiger partial charge in [-0.15, -0.1) is 0 Å². The molecule has 0 saturated carbocycles. The number of hydrogen-bond donors (Lipinski definition) is 2. The number of nitrogens with zero attached hydrogens (tertiary/aromatic N) is 2. The SMILES string of the molecule is CC(C)(C)OC(O)NCn1c(CCCC(F)(F)F)nc(-c2ccc(Cl)cc2)cc1=O. The van der Waals surface area contributed by atoms with Crippen molar-refractivity contribution in [3.05, 3.63) is 51.5 Å². The van der Waals surface area contributed by atoms with Gasteiger partial charge in [0.1, 0.15) is 5.82 Å². The second-order valence-corrected chi connectivity index (χ2v) is 8.18. The molecule has 0 aliphatic heterocycles. The Hall–Kier alpha value is -1.94. The number of nitrogens with one attached hydrogen (secondary N) is 1. The van der Waals surface area contributed by atoms with Gasteiger partial charge in [0.15, 0.2) is 0 Å². The summed E-state index contributed by atoms with van der Waals surface area (Å²) in [6, 6.07) is 7.90. The number of rotatable bonds is 8. The molecule has 2 rings (SSSR count). The first-order valence-corrected chi connectivity index (χ1v) is 9.74. The summed E-state index contributed by atoms with van der Waals surface area (Å²) in [5.74, 6) is 0.173. The molecule has 0 spiro atoms. The topological polar surface area (TPSA) is 76.4 Å². The Morgan fingerprint density at radius 1 is 1.23 bits per heavy atom. The third-order valence-corrected chi connectivity index (χ3v) is 4.23. The van der Waals surface area contributed by atoms with Crippen LogP contribution in [0, 0.1) is 0 Å². The zero-order valence-corrected chi connectivity index (χ0v) is 17.7. The quantitative estimate of drug-likeness (QED) is 0.596. The summed E-state index contributed by atoms with van der Waals surface area (Å²) in [7, 11) is 0. The lowest BCUT2D eigenvalue weighted by Gasteiger charge is -2.25. The Kier molecular flexibility index (Phi) is 8.04. The number of halogens is 4. The van der Waals surface area contributed by atoms with Crippen LogP contribution in [0.15, 0.2) is 35.1 Å². The minimum atomic E-state index is -4.30. The summed E-state index contributed by atoms with van der Waals surface area (Å²) >= 11 is 5.88. The predicted octanol–water partition coefficient (Wildman–Crippen LogP) is 4.09. The van der Waals surface area contributed by atoms with Crippen molar-refractivity contribution >= 4 is 11.6 Å². The number of benzene rings is 1. The predicted molar refractivity (Wildman–Crippen MR) is 108 cm³/mol. The van der Waals surface area contributed by atoms with Gasteiger partial charge < -0.3 is 9.84 Å². The van der Waals surface area contributed by atoms with Crippen LogP contribution < -0.4 is 10.9 Å². The average molecular weight is 448 g/mol. The molecule has 2 N–H and O–H groups in total. The molecule has 1 heterocycles. The Labute approximate surface area is 177 Å². The molecule has 0 radical (unpaired) electrons. The van der Waals surface area contributed by atoms with Gasteiger partial charge in [-0.1, -0.05) is 23.7 Å². The smallest absolute Gasteiger partial charge is 0.356 e. The van der Waals surface area contributed by atoms with E-state index in [4.69, 9.17) is 16.3 Å². The van der Waals surface area contributed by atoms with Crippen LogP contribution >= 0.6 is 11.6 Å². The maximum atomic E-state index is 12.7. The molecular formula is C20H25ClF3N3O3. The van der Waals surface area contributed by atoms with Crippen LogP contribution in [0.5, 0.6) is 0 Å². The van der Waals surface area contributed by atoms with E-state index >= 15 is 0 Å². The van der Waals surface area contributed by atoms with Crippen molar-refractivity contribution in [2.45, 2.75) is 64.9 Å². The first kappa shape index (κ1) is 24.3. The minimum Gasteiger partial charge on any atom is -0.356 e. The maximum absolute atomic E-state index is 12.7. The lowest BCUT2D eigenvalue weighted by Crippen LogP contribution is -2.41. The Bertz CT molecular complexity index is 893. The first-order chi connectivity index (χ1) is 13.8. The van der Waals surface area contributed by atoms with Crippen molar-refractivity contribution in [3.63, 3.8) is 0 Å². The summed E-state index contributed by atoms with van der Waals surface area (Å²) in [5, 5.41) is 13.1. The molecule has 0 aliphatic rings. The van der Waals surface area contributed by atoms with Gasteiger partial charge in [0.05, 0.1) is 18.0 Å². The second kappa shape index (κ2) is 9.91. The molecule has 2 aromatic rings. The first-order valence-electron chi connectivity index (χ1n) is 9.37. The van der Waals surface area contributed by atoms with E-state index in [9.17, 15) is 23.1 Å². The fourth-order valence-corrected chi connectivity index (χ4v) is 2.80. The number of aliphatic hydroxyl groups excluding tert-OH is 1. The number of alkyl halides is 3. The minimum absolute atomic E-state index is 0.0614. The summed E-state index contributed by atoms with van der Waals surface area (Å²) in [5.41, 5.74) is -0.150. The summed E-state index contributed by atoms with van der Waals surface area (Å²) < 4.78 is 44.2. The van der Waals surface area contributed by atoms with Gasteiger partial charge in [-0.2, -0.15) is 13.2 Å². The molecule has 0 fully saturated rings. The van der Waals surface area contributed by atoms with Crippen LogP contribution in [0.4, 0.5) is 13.2 Å². The number of aryl methyl sites for hydroxylation is 1. The molecule has 30 heavy (non-hydrogen) atoms. The highest BCUT2D eigenvalue weighted by Crippen LogP contribution is 2.23. The van der Waals surface area contributed by atoms with Crippen molar-refractivity contribution in [2.24, 2.45) is 0 Å². The third kappa shape index (κ3) is 8.06. The number of aliphatic hydroxyl groups is 1. The van der Waals surface area contributed by atoms with E-state index in [-0.39, 0.29) is 25.3 Å². The fraction of sp³-hybridized carbons (Fsp3) is 0.500. The largest absolute Gasteiger partial charge is 0.389 e. The third-order valence-electron chi connectivity index (χ3n) is 3.98. The summed E-state index contributed by atoms with van der Waals surface area (Å²) in [4.78, 5) is 17.1. The molecule has 1 unspecified atom stereocenters. The van der Waals surface area contributed by atoms with E-state index in [1.807, 2.05) is 0 Å². The van der Waals surface area contributed by atoms with E-state index in [0.717, 1.165) is 0 Å². The van der Waals surface area contributed by atoms with Gasteiger partial charge in [-0.25, -0.2) is 4.98 Å². The molecule has 0 saturated heterocycles. The Balaban J connectivity index is 2.29. The molecule has 0 bridgehead atoms. The molecule has 6 nitrogen and oxygen atoms in total. The number of hydrogen-bond acceptors (Lipinski definition) is 5. The molecule has 166 valence electrons. The second-order valence-electron chi connectivity index (χ2n) is 7.74. The molecule has 1 aromatic heterocycles. The van der Waals surface area contributed by atoms with Gasteiger partial charge in [-0.3, -0.25) is 14.7 Å². The van der Waals surface area contributed by atoms with Crippen molar-refractivity contribution in [3.8, 4) is 11.3 Å². The van der Waals surface area contributed by atoms with E-state index in [1.165, 1.54) is 10.6 Å². The van der Waals surface area contributed by atoms with E-state index in [1.54, 1.807) is 45.0 Å². The highest BCUT2D eigenvalue weighted by molar-refractivity contribution is 6.30. The highest BCUT2D eigenvalue weighted by atomic mass is 35.5. The molecule has 10 heteroatoms. The van der Waals surface area contributed by atoms with E-state index in [0.29, 0.717) is 16.3 Å². The molecular weight excluding hydrogens is 423 g/mol. The maximum Gasteiger partial charge on any atom is 0.389 e. The lowest BCUT2D eigenvalue weighted by molar-refractivity contribution is -0.184. The standard InChI is InChI=1S/C20H25ClF3N3O3/c1-19(2,3)30-18(29)25-12-27-16(5-4-10-20(22,23)24)26-15(11-17(27)28)13-6-8-14(21)9-7-13/h6-9,11,18,25,29H,4-5,10,12H2,1-3H3. The molecule has 0 amide bonds. The van der Waals surface area contributed by atoms with Crippen LogP contribution in [0.1, 0.15) is 39.4 Å². The lowest BCUT2D eigenvalue weighted by atomic mass is 10.1. The van der Waals surface area contributed by atoms with Crippen LogP contribution in [0.25, 0.3) is 11.3 Å². The van der Waals surface area contributed by atoms with Gasteiger partial charge in [0, 0.05) is 29.5 Å². The zero-order chi connectivity index (χ0) is 22.5. The normalized spacial score (nSPS) is 13.5. The van der Waals surface area contributed by atoms with Crippen LogP contribution in [0.3, 0.4) is 0 Å². The van der Waals surface area contributed by atoms with Crippen LogP contribution in [0.2, 0.25) is 5.02 Å². The van der Waals surface area contributed by atoms with Gasteiger partial charge in [-0.05, 0) is 39.3 Å². The van der Waals surface area contributed by atoms with Crippen LogP contribution in [-0.2, 0) is 17.8 Å². The zero-order valence-electron chi connectivity index (χ0n) is 17.0. The van der Waals surface area contributed by atoms with E-state index in [2.05, 4.69) is 10.3 Å². The van der Waals surface area contributed by atoms with Gasteiger partial charge in [0.25, 0.3) is 5.56 Å². The average Bonchev–Trinajstić information content (AvgIpc) is 2.58. The number of ether oxygens (including phenoxy) is 1. The molecule has 0 aliphatic carbocycles. The summed E-state index contributed by atoms with van der Waals surface area (Å²) in [6.07, 6.45) is -6.93. The summed E-state index contributed by atoms with van der Waals surface area (Å²) in [6.45, 7) is 5.06. The Morgan fingerprint density at radius 3 is 2.43 bits per heavy atom.